The smallest absolute Gasteiger partial charge is 0.331 e. The number of benzene rings is 2. The van der Waals surface area contributed by atoms with Gasteiger partial charge in [0, 0.05) is 6.42 Å². The number of aliphatic carboxylic acids is 1. The number of ketones is 1. The molecular weight excluding hydrogens is 352 g/mol. The summed E-state index contributed by atoms with van der Waals surface area (Å²) in [6.07, 6.45) is 0.560. The van der Waals surface area contributed by atoms with Crippen LogP contribution in [0.1, 0.15) is 35.2 Å². The lowest BCUT2D eigenvalue weighted by Gasteiger charge is -2.38. The van der Waals surface area contributed by atoms with Gasteiger partial charge in [0.15, 0.2) is 5.78 Å². The third-order valence-corrected chi connectivity index (χ3v) is 4.87. The highest BCUT2D eigenvalue weighted by atomic mass is 16.5. The summed E-state index contributed by atoms with van der Waals surface area (Å²) in [7, 11) is 2.76. The molecule has 0 bridgehead atoms. The summed E-state index contributed by atoms with van der Waals surface area (Å²) in [6.45, 7) is 1.44. The van der Waals surface area contributed by atoms with Gasteiger partial charge in [0.25, 0.3) is 0 Å². The Morgan fingerprint density at radius 3 is 2.63 bits per heavy atom. The Morgan fingerprint density at radius 1 is 1.33 bits per heavy atom. The number of ether oxygens (including phenoxy) is 2. The maximum absolute atomic E-state index is 12.7. The Labute approximate surface area is 155 Å². The topological polar surface area (TPSA) is 113 Å². The van der Waals surface area contributed by atoms with Gasteiger partial charge >= 0.3 is 5.97 Å². The number of phenolic OH excluding ortho intramolecular Hbond substituents is 1. The fourth-order valence-electron chi connectivity index (χ4n) is 3.81. The van der Waals surface area contributed by atoms with Crippen LogP contribution in [0, 0.1) is 0 Å². The largest absolute Gasteiger partial charge is 0.506 e. The van der Waals surface area contributed by atoms with Gasteiger partial charge in [-0.3, -0.25) is 4.79 Å². The lowest BCUT2D eigenvalue weighted by molar-refractivity contribution is -0.131. The average Bonchev–Trinajstić information content (AvgIpc) is 2.58. The molecule has 0 saturated heterocycles. The third-order valence-electron chi connectivity index (χ3n) is 4.87. The van der Waals surface area contributed by atoms with Crippen molar-refractivity contribution in [3.8, 4) is 11.5 Å². The first-order valence-corrected chi connectivity index (χ1v) is 8.28. The van der Waals surface area contributed by atoms with Crippen LogP contribution in [0.5, 0.6) is 11.5 Å². The van der Waals surface area contributed by atoms with Crippen LogP contribution in [0.2, 0.25) is 0 Å². The van der Waals surface area contributed by atoms with E-state index in [-0.39, 0.29) is 23.5 Å². The first-order valence-electron chi connectivity index (χ1n) is 8.28. The fraction of sp³-hybridized carbons (Fsp3) is 0.300. The summed E-state index contributed by atoms with van der Waals surface area (Å²) in [5.74, 6) is -2.48. The number of hydrogen-bond acceptors (Lipinski definition) is 6. The van der Waals surface area contributed by atoms with Gasteiger partial charge in [-0.2, -0.15) is 0 Å². The number of carboxylic acid groups (broad SMARTS) is 1. The molecule has 3 N–H and O–H groups in total. The standard InChI is InChI=1S/C20H20O7/c1-20(25)9-12(21)17-11(18(20)14(27-3)8-15(22)23)7-10-5-4-6-13(26-2)16(10)19(17)24/h4-8,18,24-25H,9H2,1-3H3,(H,22,23)/t18-,20+/m1/s1. The summed E-state index contributed by atoms with van der Waals surface area (Å²) in [5.41, 5.74) is -1.24. The van der Waals surface area contributed by atoms with Crippen molar-refractivity contribution in [2.24, 2.45) is 0 Å². The summed E-state index contributed by atoms with van der Waals surface area (Å²) < 4.78 is 10.5. The van der Waals surface area contributed by atoms with E-state index in [1.807, 2.05) is 0 Å². The zero-order valence-electron chi connectivity index (χ0n) is 15.1. The van der Waals surface area contributed by atoms with Gasteiger partial charge in [-0.05, 0) is 30.0 Å². The molecule has 2 aromatic rings. The van der Waals surface area contributed by atoms with Gasteiger partial charge in [-0.25, -0.2) is 4.79 Å². The van der Waals surface area contributed by atoms with E-state index in [0.717, 1.165) is 6.08 Å². The number of rotatable bonds is 4. The van der Waals surface area contributed by atoms with Gasteiger partial charge in [-0.15, -0.1) is 0 Å². The molecule has 0 spiro atoms. The van der Waals surface area contributed by atoms with Crippen molar-refractivity contribution in [2.45, 2.75) is 24.9 Å². The number of hydrogen-bond donors (Lipinski definition) is 3. The Bertz CT molecular complexity index is 972. The molecule has 2 aromatic carbocycles. The van der Waals surface area contributed by atoms with Crippen molar-refractivity contribution in [3.05, 3.63) is 47.2 Å². The van der Waals surface area contributed by atoms with E-state index < -0.39 is 23.3 Å². The minimum absolute atomic E-state index is 0.0112. The molecule has 0 heterocycles. The predicted molar refractivity (Wildman–Crippen MR) is 97.2 cm³/mol. The Balaban J connectivity index is 2.39. The number of aliphatic hydroxyl groups is 1. The molecule has 2 atom stereocenters. The molecule has 7 nitrogen and oxygen atoms in total. The minimum Gasteiger partial charge on any atom is -0.506 e. The normalized spacial score (nSPS) is 22.4. The highest BCUT2D eigenvalue weighted by Gasteiger charge is 2.46. The summed E-state index contributed by atoms with van der Waals surface area (Å²) in [6, 6.07) is 6.78. The minimum atomic E-state index is -1.58. The Hall–Kier alpha value is -3.06. The van der Waals surface area contributed by atoms with E-state index in [0.29, 0.717) is 22.1 Å². The molecule has 0 aliphatic heterocycles. The van der Waals surface area contributed by atoms with Crippen molar-refractivity contribution < 1.29 is 34.4 Å². The van der Waals surface area contributed by atoms with E-state index in [1.54, 1.807) is 24.3 Å². The first kappa shape index (κ1) is 18.7. The predicted octanol–water partition coefficient (Wildman–Crippen LogP) is 2.59. The van der Waals surface area contributed by atoms with Crippen molar-refractivity contribution in [1.82, 2.24) is 0 Å². The second-order valence-electron chi connectivity index (χ2n) is 6.73. The van der Waals surface area contributed by atoms with Crippen LogP contribution in [0.25, 0.3) is 10.8 Å². The van der Waals surface area contributed by atoms with Gasteiger partial charge in [0.1, 0.15) is 17.3 Å². The van der Waals surface area contributed by atoms with Crippen LogP contribution >= 0.6 is 0 Å². The quantitative estimate of drug-likeness (QED) is 0.558. The Morgan fingerprint density at radius 2 is 2.04 bits per heavy atom. The molecule has 0 saturated carbocycles. The highest BCUT2D eigenvalue weighted by molar-refractivity contribution is 6.09. The summed E-state index contributed by atoms with van der Waals surface area (Å²) >= 11 is 0. The first-order chi connectivity index (χ1) is 12.7. The molecule has 0 aromatic heterocycles. The zero-order valence-corrected chi connectivity index (χ0v) is 15.1. The van der Waals surface area contributed by atoms with Crippen molar-refractivity contribution >= 4 is 22.5 Å². The van der Waals surface area contributed by atoms with Crippen molar-refractivity contribution in [1.29, 1.82) is 0 Å². The van der Waals surface area contributed by atoms with Crippen molar-refractivity contribution in [3.63, 3.8) is 0 Å². The van der Waals surface area contributed by atoms with Crippen LogP contribution in [0.15, 0.2) is 36.1 Å². The van der Waals surface area contributed by atoms with Crippen LogP contribution in [0.3, 0.4) is 0 Å². The molecule has 27 heavy (non-hydrogen) atoms. The van der Waals surface area contributed by atoms with Crippen LogP contribution in [-0.4, -0.2) is 46.9 Å². The van der Waals surface area contributed by atoms with Gasteiger partial charge in [-0.1, -0.05) is 12.1 Å². The number of Topliss-reactive ketones (excluding diaryl/α,β-unsaturated/α-hetero) is 1. The lowest BCUT2D eigenvalue weighted by atomic mass is 9.70. The molecule has 142 valence electrons. The van der Waals surface area contributed by atoms with E-state index >= 15 is 0 Å². The van der Waals surface area contributed by atoms with Crippen LogP contribution in [-0.2, 0) is 9.53 Å². The SMILES string of the molecule is COC(=CC(=O)O)[C@H]1c2cc3cccc(OC)c3c(O)c2C(=O)C[C@]1(C)O. The number of carbonyl (C=O) groups is 2. The molecule has 3 rings (SSSR count). The monoisotopic (exact) mass is 372 g/mol. The molecule has 0 unspecified atom stereocenters. The summed E-state index contributed by atoms with van der Waals surface area (Å²) in [4.78, 5) is 23.9. The molecule has 1 aliphatic carbocycles. The third kappa shape index (κ3) is 3.00. The summed E-state index contributed by atoms with van der Waals surface area (Å²) in [5, 5.41) is 31.8. The molecule has 0 amide bonds. The average molecular weight is 372 g/mol. The number of carboxylic acids is 1. The second kappa shape index (κ2) is 6.59. The van der Waals surface area contributed by atoms with Crippen molar-refractivity contribution in [2.75, 3.05) is 14.2 Å². The van der Waals surface area contributed by atoms with Gasteiger partial charge in [0.05, 0.1) is 42.8 Å². The second-order valence-corrected chi connectivity index (χ2v) is 6.73. The van der Waals surface area contributed by atoms with Gasteiger partial charge in [0.2, 0.25) is 0 Å². The molecule has 0 radical (unpaired) electrons. The van der Waals surface area contributed by atoms with E-state index in [1.165, 1.54) is 21.1 Å². The lowest BCUT2D eigenvalue weighted by Crippen LogP contribution is -2.41. The van der Waals surface area contributed by atoms with E-state index in [2.05, 4.69) is 0 Å². The molecule has 7 heteroatoms. The number of carbonyl (C=O) groups excluding carboxylic acids is 1. The number of aromatic hydroxyl groups is 1. The number of methoxy groups -OCH3 is 2. The van der Waals surface area contributed by atoms with Crippen LogP contribution < -0.4 is 4.74 Å². The van der Waals surface area contributed by atoms with Gasteiger partial charge < -0.3 is 24.8 Å². The van der Waals surface area contributed by atoms with E-state index in [4.69, 9.17) is 14.6 Å². The van der Waals surface area contributed by atoms with E-state index in [9.17, 15) is 19.8 Å². The molecular formula is C20H20O7. The highest BCUT2D eigenvalue weighted by Crippen LogP contribution is 2.49. The molecule has 0 fully saturated rings. The Kier molecular flexibility index (Phi) is 4.57. The zero-order chi connectivity index (χ0) is 19.9. The van der Waals surface area contributed by atoms with Crippen LogP contribution in [0.4, 0.5) is 0 Å². The number of fused-ring (bicyclic) bond motifs is 2. The maximum atomic E-state index is 12.7. The number of phenols is 1. The fourth-order valence-corrected chi connectivity index (χ4v) is 3.81. The maximum Gasteiger partial charge on any atom is 0.331 e. The molecule has 1 aliphatic rings.